The molecule has 0 aliphatic heterocycles. The van der Waals surface area contributed by atoms with Gasteiger partial charge in [0.15, 0.2) is 5.16 Å². The van der Waals surface area contributed by atoms with E-state index in [9.17, 15) is 4.79 Å². The molecule has 2 aromatic rings. The second kappa shape index (κ2) is 8.19. The van der Waals surface area contributed by atoms with E-state index in [-0.39, 0.29) is 5.56 Å². The van der Waals surface area contributed by atoms with Crippen molar-refractivity contribution in [1.29, 1.82) is 0 Å². The van der Waals surface area contributed by atoms with Crippen LogP contribution in [-0.4, -0.2) is 30.2 Å². The van der Waals surface area contributed by atoms with E-state index in [2.05, 4.69) is 15.3 Å². The highest BCUT2D eigenvalue weighted by molar-refractivity contribution is 7.99. The number of rotatable bonds is 7. The van der Waals surface area contributed by atoms with Crippen molar-refractivity contribution in [3.8, 4) is 0 Å². The molecule has 0 bridgehead atoms. The van der Waals surface area contributed by atoms with Gasteiger partial charge in [-0.3, -0.25) is 4.79 Å². The molecule has 0 fully saturated rings. The topological polar surface area (TPSA) is 67.0 Å². The maximum Gasteiger partial charge on any atom is 0.251 e. The zero-order valence-corrected chi connectivity index (χ0v) is 13.1. The molecule has 0 atom stereocenters. The van der Waals surface area contributed by atoms with Gasteiger partial charge in [-0.25, -0.2) is 4.98 Å². The molecule has 0 spiro atoms. The Labute approximate surface area is 132 Å². The Hall–Kier alpha value is -1.34. The lowest BCUT2D eigenvalue weighted by Crippen LogP contribution is -2.18. The molecule has 1 heterocycles. The number of halogens is 1. The summed E-state index contributed by atoms with van der Waals surface area (Å²) in [5.74, 6) is 0. The largest absolute Gasteiger partial charge is 0.383 e. The molecule has 7 heteroatoms. The van der Waals surface area contributed by atoms with E-state index in [0.717, 1.165) is 17.0 Å². The minimum Gasteiger partial charge on any atom is -0.383 e. The Kier molecular flexibility index (Phi) is 6.25. The second-order valence-corrected chi connectivity index (χ2v) is 5.73. The van der Waals surface area contributed by atoms with Crippen LogP contribution in [0.25, 0.3) is 0 Å². The van der Waals surface area contributed by atoms with Crippen molar-refractivity contribution in [3.05, 3.63) is 51.4 Å². The van der Waals surface area contributed by atoms with Crippen molar-refractivity contribution in [1.82, 2.24) is 15.3 Å². The molecule has 0 radical (unpaired) electrons. The van der Waals surface area contributed by atoms with Crippen molar-refractivity contribution >= 4 is 23.4 Å². The molecule has 1 aromatic carbocycles. The number of methoxy groups -OCH3 is 1. The molecule has 2 rings (SSSR count). The van der Waals surface area contributed by atoms with Crippen LogP contribution in [0.1, 0.15) is 5.56 Å². The van der Waals surface area contributed by atoms with Gasteiger partial charge >= 0.3 is 0 Å². The highest BCUT2D eigenvalue weighted by atomic mass is 35.5. The van der Waals surface area contributed by atoms with Crippen molar-refractivity contribution < 1.29 is 4.74 Å². The first-order valence-electron chi connectivity index (χ1n) is 6.40. The fourth-order valence-electron chi connectivity index (χ4n) is 1.65. The molecule has 0 unspecified atom stereocenters. The van der Waals surface area contributed by atoms with Crippen molar-refractivity contribution in [2.45, 2.75) is 16.6 Å². The number of ether oxygens (including phenoxy) is 1. The number of nitrogens with one attached hydrogen (secondary N) is 2. The lowest BCUT2D eigenvalue weighted by Gasteiger charge is -2.08. The lowest BCUT2D eigenvalue weighted by atomic mass is 10.2. The van der Waals surface area contributed by atoms with Gasteiger partial charge in [-0.1, -0.05) is 29.4 Å². The van der Waals surface area contributed by atoms with Gasteiger partial charge in [0.25, 0.3) is 5.56 Å². The number of hydrogen-bond donors (Lipinski definition) is 2. The summed E-state index contributed by atoms with van der Waals surface area (Å²) in [6.07, 6.45) is 1.48. The average Bonchev–Trinajstić information content (AvgIpc) is 2.45. The minimum atomic E-state index is -0.169. The van der Waals surface area contributed by atoms with Gasteiger partial charge in [0.2, 0.25) is 0 Å². The zero-order valence-electron chi connectivity index (χ0n) is 11.6. The van der Waals surface area contributed by atoms with Gasteiger partial charge in [0.05, 0.1) is 6.61 Å². The minimum absolute atomic E-state index is 0.169. The fourth-order valence-corrected chi connectivity index (χ4v) is 2.76. The van der Waals surface area contributed by atoms with Gasteiger partial charge in [0, 0.05) is 42.4 Å². The molecule has 2 N–H and O–H groups in total. The molecular formula is C14H16ClN3O2S. The summed E-state index contributed by atoms with van der Waals surface area (Å²) < 4.78 is 4.97. The molecule has 0 aliphatic carbocycles. The third kappa shape index (κ3) is 5.17. The standard InChI is InChI=1S/C14H16ClN3O2S/c1-20-7-6-16-9-10-2-3-11(8-12(10)15)21-14-17-5-4-13(19)18-14/h2-5,8,16H,6-7,9H2,1H3,(H,17,18,19). The quantitative estimate of drug-likeness (QED) is 0.604. The van der Waals surface area contributed by atoms with Gasteiger partial charge in [-0.15, -0.1) is 0 Å². The van der Waals surface area contributed by atoms with E-state index >= 15 is 0 Å². The summed E-state index contributed by atoms with van der Waals surface area (Å²) >= 11 is 7.63. The Morgan fingerprint density at radius 1 is 1.43 bits per heavy atom. The van der Waals surface area contributed by atoms with E-state index in [0.29, 0.717) is 23.3 Å². The number of hydrogen-bond acceptors (Lipinski definition) is 5. The van der Waals surface area contributed by atoms with E-state index in [1.807, 2.05) is 18.2 Å². The van der Waals surface area contributed by atoms with E-state index in [1.54, 1.807) is 7.11 Å². The summed E-state index contributed by atoms with van der Waals surface area (Å²) in [6, 6.07) is 7.17. The summed E-state index contributed by atoms with van der Waals surface area (Å²) in [4.78, 5) is 18.9. The molecule has 0 amide bonds. The Balaban J connectivity index is 2.00. The van der Waals surface area contributed by atoms with Crippen LogP contribution in [0.3, 0.4) is 0 Å². The van der Waals surface area contributed by atoms with Crippen LogP contribution in [-0.2, 0) is 11.3 Å². The smallest absolute Gasteiger partial charge is 0.251 e. The van der Waals surface area contributed by atoms with E-state index < -0.39 is 0 Å². The Morgan fingerprint density at radius 2 is 2.29 bits per heavy atom. The molecule has 1 aromatic heterocycles. The summed E-state index contributed by atoms with van der Waals surface area (Å²) in [7, 11) is 1.67. The molecule has 0 aliphatic rings. The first kappa shape index (κ1) is 16.0. The SMILES string of the molecule is COCCNCc1ccc(Sc2nccc(=O)[nH]2)cc1Cl. The second-order valence-electron chi connectivity index (χ2n) is 4.26. The van der Waals surface area contributed by atoms with E-state index in [4.69, 9.17) is 16.3 Å². The summed E-state index contributed by atoms with van der Waals surface area (Å²) in [5, 5.41) is 4.47. The maximum absolute atomic E-state index is 11.2. The lowest BCUT2D eigenvalue weighted by molar-refractivity contribution is 0.199. The van der Waals surface area contributed by atoms with Gasteiger partial charge < -0.3 is 15.0 Å². The third-order valence-corrected chi connectivity index (χ3v) is 3.93. The number of benzene rings is 1. The van der Waals surface area contributed by atoms with Gasteiger partial charge in [-0.2, -0.15) is 0 Å². The highest BCUT2D eigenvalue weighted by Gasteiger charge is 2.04. The predicted octanol–water partition coefficient (Wildman–Crippen LogP) is 2.31. The van der Waals surface area contributed by atoms with Crippen molar-refractivity contribution in [3.63, 3.8) is 0 Å². The first-order valence-corrected chi connectivity index (χ1v) is 7.60. The number of aromatic amines is 1. The highest BCUT2D eigenvalue weighted by Crippen LogP contribution is 2.28. The third-order valence-electron chi connectivity index (χ3n) is 2.69. The number of H-pyrrole nitrogens is 1. The van der Waals surface area contributed by atoms with Crippen LogP contribution in [0, 0.1) is 0 Å². The van der Waals surface area contributed by atoms with Crippen molar-refractivity contribution in [2.75, 3.05) is 20.3 Å². The van der Waals surface area contributed by atoms with Crippen LogP contribution in [0.5, 0.6) is 0 Å². The summed E-state index contributed by atoms with van der Waals surface area (Å²) in [6.45, 7) is 2.13. The predicted molar refractivity (Wildman–Crippen MR) is 84.0 cm³/mol. The molecule has 21 heavy (non-hydrogen) atoms. The van der Waals surface area contributed by atoms with Gasteiger partial charge in [0.1, 0.15) is 0 Å². The zero-order chi connectivity index (χ0) is 15.1. The maximum atomic E-state index is 11.2. The van der Waals surface area contributed by atoms with Gasteiger partial charge in [-0.05, 0) is 17.7 Å². The van der Waals surface area contributed by atoms with Crippen LogP contribution in [0.4, 0.5) is 0 Å². The normalized spacial score (nSPS) is 10.8. The van der Waals surface area contributed by atoms with Crippen molar-refractivity contribution in [2.24, 2.45) is 0 Å². The van der Waals surface area contributed by atoms with Crippen LogP contribution >= 0.6 is 23.4 Å². The van der Waals surface area contributed by atoms with Crippen LogP contribution < -0.4 is 10.9 Å². The molecule has 5 nitrogen and oxygen atoms in total. The number of aromatic nitrogens is 2. The van der Waals surface area contributed by atoms with E-state index in [1.165, 1.54) is 24.0 Å². The Morgan fingerprint density at radius 3 is 3.00 bits per heavy atom. The molecular weight excluding hydrogens is 310 g/mol. The van der Waals surface area contributed by atoms with Crippen LogP contribution in [0.15, 0.2) is 45.3 Å². The summed E-state index contributed by atoms with van der Waals surface area (Å²) in [5.41, 5.74) is 0.851. The molecule has 112 valence electrons. The molecule has 0 saturated carbocycles. The molecule has 0 saturated heterocycles. The number of nitrogens with zero attached hydrogens (tertiary/aromatic N) is 1. The first-order chi connectivity index (χ1) is 10.2. The fraction of sp³-hybridized carbons (Fsp3) is 0.286. The monoisotopic (exact) mass is 325 g/mol. The Bertz CT molecular complexity index is 648. The van der Waals surface area contributed by atoms with Crippen LogP contribution in [0.2, 0.25) is 5.02 Å². The average molecular weight is 326 g/mol.